The van der Waals surface area contributed by atoms with E-state index in [9.17, 15) is 4.79 Å². The number of carbonyl (C=O) groups excluding carboxylic acids is 1. The Labute approximate surface area is 109 Å². The van der Waals surface area contributed by atoms with Gasteiger partial charge in [-0.3, -0.25) is 0 Å². The second-order valence-corrected chi connectivity index (χ2v) is 4.31. The zero-order chi connectivity index (χ0) is 13.5. The third-order valence-electron chi connectivity index (χ3n) is 2.82. The molecule has 1 aromatic carbocycles. The van der Waals surface area contributed by atoms with Crippen molar-refractivity contribution in [3.8, 4) is 5.75 Å². The molecule has 1 N–H and O–H groups in total. The minimum atomic E-state index is -0.113. The second kappa shape index (κ2) is 6.89. The van der Waals surface area contributed by atoms with Gasteiger partial charge in [-0.15, -0.1) is 0 Å². The van der Waals surface area contributed by atoms with E-state index in [2.05, 4.69) is 12.2 Å². The Kier molecular flexibility index (Phi) is 5.49. The van der Waals surface area contributed by atoms with Gasteiger partial charge in [-0.1, -0.05) is 13.0 Å². The lowest BCUT2D eigenvalue weighted by molar-refractivity contribution is 0.217. The lowest BCUT2D eigenvalue weighted by atomic mass is 10.3. The highest BCUT2D eigenvalue weighted by atomic mass is 16.5. The first-order valence-electron chi connectivity index (χ1n) is 6.35. The fourth-order valence-corrected chi connectivity index (χ4v) is 1.33. The summed E-state index contributed by atoms with van der Waals surface area (Å²) in [6.45, 7) is 6.71. The van der Waals surface area contributed by atoms with Crippen LogP contribution in [0.15, 0.2) is 24.3 Å². The molecule has 0 saturated carbocycles. The molecule has 1 rings (SSSR count). The minimum absolute atomic E-state index is 0.113. The van der Waals surface area contributed by atoms with Gasteiger partial charge in [0.05, 0.1) is 6.10 Å². The Hall–Kier alpha value is -1.71. The molecular formula is C14H22N2O2. The molecule has 0 heterocycles. The highest BCUT2D eigenvalue weighted by Gasteiger charge is 2.07. The predicted octanol–water partition coefficient (Wildman–Crippen LogP) is 3.35. The van der Waals surface area contributed by atoms with Crippen LogP contribution in [-0.4, -0.2) is 30.6 Å². The number of nitrogens with zero attached hydrogens (tertiary/aromatic N) is 1. The Morgan fingerprint density at radius 1 is 1.44 bits per heavy atom. The smallest absolute Gasteiger partial charge is 0.321 e. The van der Waals surface area contributed by atoms with E-state index >= 15 is 0 Å². The molecule has 0 spiro atoms. The topological polar surface area (TPSA) is 41.6 Å². The van der Waals surface area contributed by atoms with Crippen molar-refractivity contribution in [2.45, 2.75) is 33.3 Å². The average molecular weight is 250 g/mol. The zero-order valence-corrected chi connectivity index (χ0v) is 11.6. The largest absolute Gasteiger partial charge is 0.491 e. The Morgan fingerprint density at radius 3 is 2.78 bits per heavy atom. The van der Waals surface area contributed by atoms with Crippen LogP contribution in [0.3, 0.4) is 0 Å². The van der Waals surface area contributed by atoms with Crippen LogP contribution in [0.25, 0.3) is 0 Å². The third kappa shape index (κ3) is 4.28. The van der Waals surface area contributed by atoms with E-state index in [0.717, 1.165) is 17.9 Å². The zero-order valence-electron chi connectivity index (χ0n) is 11.6. The summed E-state index contributed by atoms with van der Waals surface area (Å²) >= 11 is 0. The molecule has 0 aliphatic heterocycles. The number of carbonyl (C=O) groups is 1. The van der Waals surface area contributed by atoms with Crippen LogP contribution in [0.5, 0.6) is 5.75 Å². The van der Waals surface area contributed by atoms with Crippen LogP contribution in [0, 0.1) is 0 Å². The van der Waals surface area contributed by atoms with Gasteiger partial charge in [0.15, 0.2) is 0 Å². The van der Waals surface area contributed by atoms with Gasteiger partial charge in [0.25, 0.3) is 0 Å². The molecule has 4 nitrogen and oxygen atoms in total. The van der Waals surface area contributed by atoms with E-state index in [-0.39, 0.29) is 12.1 Å². The molecule has 0 aliphatic rings. The van der Waals surface area contributed by atoms with Crippen molar-refractivity contribution in [3.63, 3.8) is 0 Å². The molecule has 0 radical (unpaired) electrons. The molecule has 1 unspecified atom stereocenters. The van der Waals surface area contributed by atoms with Gasteiger partial charge in [0.1, 0.15) is 5.75 Å². The van der Waals surface area contributed by atoms with Crippen LogP contribution < -0.4 is 10.1 Å². The third-order valence-corrected chi connectivity index (χ3v) is 2.82. The summed E-state index contributed by atoms with van der Waals surface area (Å²) in [5, 5.41) is 2.83. The summed E-state index contributed by atoms with van der Waals surface area (Å²) in [5.74, 6) is 0.779. The maximum atomic E-state index is 11.7. The highest BCUT2D eigenvalue weighted by Crippen LogP contribution is 2.19. The molecule has 1 atom stereocenters. The average Bonchev–Trinajstić information content (AvgIpc) is 2.37. The van der Waals surface area contributed by atoms with E-state index in [1.807, 2.05) is 38.1 Å². The summed E-state index contributed by atoms with van der Waals surface area (Å²) in [4.78, 5) is 13.3. The molecule has 2 amide bonds. The summed E-state index contributed by atoms with van der Waals surface area (Å²) < 4.78 is 5.71. The number of hydrogen-bond donors (Lipinski definition) is 1. The maximum absolute atomic E-state index is 11.7. The van der Waals surface area contributed by atoms with Gasteiger partial charge in [-0.2, -0.15) is 0 Å². The van der Waals surface area contributed by atoms with Crippen molar-refractivity contribution in [2.24, 2.45) is 0 Å². The van der Waals surface area contributed by atoms with Crippen LogP contribution >= 0.6 is 0 Å². The fraction of sp³-hybridized carbons (Fsp3) is 0.500. The van der Waals surface area contributed by atoms with Gasteiger partial charge >= 0.3 is 6.03 Å². The first kappa shape index (κ1) is 14.4. The minimum Gasteiger partial charge on any atom is -0.491 e. The van der Waals surface area contributed by atoms with E-state index in [1.165, 1.54) is 0 Å². The SMILES string of the molecule is CCC(C)Oc1cccc(NC(=O)N(C)CC)c1. The van der Waals surface area contributed by atoms with Crippen molar-refractivity contribution < 1.29 is 9.53 Å². The van der Waals surface area contributed by atoms with Crippen molar-refractivity contribution in [2.75, 3.05) is 18.9 Å². The van der Waals surface area contributed by atoms with Gasteiger partial charge in [-0.05, 0) is 32.4 Å². The Bertz CT molecular complexity index is 393. The van der Waals surface area contributed by atoms with Crippen LogP contribution in [0.4, 0.5) is 10.5 Å². The molecule has 0 aliphatic carbocycles. The monoisotopic (exact) mass is 250 g/mol. The fourth-order valence-electron chi connectivity index (χ4n) is 1.33. The number of ether oxygens (including phenoxy) is 1. The number of urea groups is 1. The van der Waals surface area contributed by atoms with Gasteiger partial charge in [-0.25, -0.2) is 4.79 Å². The quantitative estimate of drug-likeness (QED) is 0.870. The van der Waals surface area contributed by atoms with Gasteiger partial charge < -0.3 is 15.0 Å². The van der Waals surface area contributed by atoms with E-state index in [4.69, 9.17) is 4.74 Å². The molecule has 4 heteroatoms. The summed E-state index contributed by atoms with van der Waals surface area (Å²) in [5.41, 5.74) is 0.751. The van der Waals surface area contributed by atoms with Crippen LogP contribution in [0.2, 0.25) is 0 Å². The van der Waals surface area contributed by atoms with E-state index in [1.54, 1.807) is 11.9 Å². The molecular weight excluding hydrogens is 228 g/mol. The van der Waals surface area contributed by atoms with E-state index in [0.29, 0.717) is 6.54 Å². The molecule has 0 bridgehead atoms. The van der Waals surface area contributed by atoms with Crippen molar-refractivity contribution >= 4 is 11.7 Å². The lowest BCUT2D eigenvalue weighted by Gasteiger charge is -2.17. The van der Waals surface area contributed by atoms with Gasteiger partial charge in [0, 0.05) is 25.3 Å². The van der Waals surface area contributed by atoms with E-state index < -0.39 is 0 Å². The maximum Gasteiger partial charge on any atom is 0.321 e. The Balaban J connectivity index is 2.67. The second-order valence-electron chi connectivity index (χ2n) is 4.31. The number of amides is 2. The first-order valence-corrected chi connectivity index (χ1v) is 6.35. The summed E-state index contributed by atoms with van der Waals surface area (Å²) in [6, 6.07) is 7.35. The highest BCUT2D eigenvalue weighted by molar-refractivity contribution is 5.89. The predicted molar refractivity (Wildman–Crippen MR) is 74.1 cm³/mol. The number of benzene rings is 1. The van der Waals surface area contributed by atoms with Crippen molar-refractivity contribution in [3.05, 3.63) is 24.3 Å². The standard InChI is InChI=1S/C14H22N2O2/c1-5-11(3)18-13-9-7-8-12(10-13)15-14(17)16(4)6-2/h7-11H,5-6H2,1-4H3,(H,15,17). The first-order chi connectivity index (χ1) is 8.56. The number of anilines is 1. The van der Waals surface area contributed by atoms with Crippen molar-refractivity contribution in [1.82, 2.24) is 4.90 Å². The summed E-state index contributed by atoms with van der Waals surface area (Å²) in [6.07, 6.45) is 1.13. The number of rotatable bonds is 5. The Morgan fingerprint density at radius 2 is 2.17 bits per heavy atom. The lowest BCUT2D eigenvalue weighted by Crippen LogP contribution is -2.30. The molecule has 18 heavy (non-hydrogen) atoms. The number of hydrogen-bond acceptors (Lipinski definition) is 2. The normalized spacial score (nSPS) is 11.8. The van der Waals surface area contributed by atoms with Crippen LogP contribution in [-0.2, 0) is 0 Å². The van der Waals surface area contributed by atoms with Crippen LogP contribution in [0.1, 0.15) is 27.2 Å². The molecule has 0 aromatic heterocycles. The molecule has 100 valence electrons. The summed E-state index contributed by atoms with van der Waals surface area (Å²) in [7, 11) is 1.76. The van der Waals surface area contributed by atoms with Gasteiger partial charge in [0.2, 0.25) is 0 Å². The molecule has 0 fully saturated rings. The molecule has 0 saturated heterocycles. The molecule has 1 aromatic rings. The number of nitrogens with one attached hydrogen (secondary N) is 1. The van der Waals surface area contributed by atoms with Crippen molar-refractivity contribution in [1.29, 1.82) is 0 Å².